The molecule has 0 radical (unpaired) electrons. The zero-order valence-corrected chi connectivity index (χ0v) is 16.5. The quantitative estimate of drug-likeness (QED) is 0.675. The fraction of sp³-hybridized carbons (Fsp3) is 0.125. The first-order chi connectivity index (χ1) is 14.7. The second-order valence-corrected chi connectivity index (χ2v) is 6.93. The van der Waals surface area contributed by atoms with Crippen LogP contribution in [0.25, 0.3) is 0 Å². The molecule has 2 aromatic rings. The first-order valence-corrected chi connectivity index (χ1v) is 9.76. The third kappa shape index (κ3) is 4.55. The number of nitrogen functional groups attached to an aromatic ring is 1. The number of carbonyl (C=O) groups excluding carboxylic acids is 1. The van der Waals surface area contributed by atoms with Gasteiger partial charge < -0.3 is 25.4 Å². The Balaban J connectivity index is 1.48. The molecule has 1 amide bonds. The molecule has 0 aromatic heterocycles. The van der Waals surface area contributed by atoms with Gasteiger partial charge in [-0.25, -0.2) is 0 Å². The minimum Gasteiger partial charge on any atom is -0.464 e. The van der Waals surface area contributed by atoms with Crippen molar-refractivity contribution in [2.24, 2.45) is 0 Å². The van der Waals surface area contributed by atoms with Crippen LogP contribution in [0.3, 0.4) is 0 Å². The van der Waals surface area contributed by atoms with Crippen molar-refractivity contribution < 1.29 is 14.3 Å². The number of anilines is 2. The van der Waals surface area contributed by atoms with Crippen molar-refractivity contribution in [3.63, 3.8) is 0 Å². The smallest absolute Gasteiger partial charge is 0.255 e. The minimum absolute atomic E-state index is 0.201. The third-order valence-electron chi connectivity index (χ3n) is 4.86. The van der Waals surface area contributed by atoms with Gasteiger partial charge in [0.2, 0.25) is 5.88 Å². The fourth-order valence-electron chi connectivity index (χ4n) is 3.27. The Morgan fingerprint density at radius 3 is 2.63 bits per heavy atom. The lowest BCUT2D eigenvalue weighted by molar-refractivity contribution is 0.102. The Hall–Kier alpha value is -3.93. The number of nitrogens with two attached hydrogens (primary N) is 1. The summed E-state index contributed by atoms with van der Waals surface area (Å²) in [5.74, 6) is 0.425. The first kappa shape index (κ1) is 19.4. The van der Waals surface area contributed by atoms with Crippen LogP contribution in [0.4, 0.5) is 11.4 Å². The molecular formula is C24H23N3O3. The van der Waals surface area contributed by atoms with E-state index >= 15 is 0 Å². The number of nitrogens with zero attached hydrogens (tertiary/aromatic N) is 1. The highest BCUT2D eigenvalue weighted by atomic mass is 16.5. The van der Waals surface area contributed by atoms with Gasteiger partial charge in [-0.05, 0) is 48.7 Å². The molecule has 1 heterocycles. The van der Waals surface area contributed by atoms with Crippen LogP contribution < -0.4 is 11.1 Å². The number of hydrogen-bond acceptors (Lipinski definition) is 5. The summed E-state index contributed by atoms with van der Waals surface area (Å²) in [6, 6.07) is 14.7. The summed E-state index contributed by atoms with van der Waals surface area (Å²) in [4.78, 5) is 14.6. The number of amides is 1. The summed E-state index contributed by atoms with van der Waals surface area (Å²) < 4.78 is 10.9. The SMILES string of the molecule is Nc1ccccc1NC(=O)c1ccc(CN(C2=CC=CCC2)C2=COC=CO2)cc1. The van der Waals surface area contributed by atoms with E-state index in [-0.39, 0.29) is 5.91 Å². The van der Waals surface area contributed by atoms with Crippen LogP contribution in [0.5, 0.6) is 0 Å². The van der Waals surface area contributed by atoms with Crippen LogP contribution >= 0.6 is 0 Å². The summed E-state index contributed by atoms with van der Waals surface area (Å²) in [7, 11) is 0. The molecule has 3 N–H and O–H groups in total. The number of benzene rings is 2. The summed E-state index contributed by atoms with van der Waals surface area (Å²) in [5, 5.41) is 2.85. The Bertz CT molecular complexity index is 1040. The van der Waals surface area contributed by atoms with Crippen molar-refractivity contribution in [2.75, 3.05) is 11.1 Å². The molecule has 0 spiro atoms. The van der Waals surface area contributed by atoms with Crippen molar-refractivity contribution in [3.05, 3.63) is 108 Å². The van der Waals surface area contributed by atoms with Crippen LogP contribution in [0, 0.1) is 0 Å². The second kappa shape index (κ2) is 9.05. The highest BCUT2D eigenvalue weighted by Crippen LogP contribution is 2.26. The Labute approximate surface area is 175 Å². The van der Waals surface area contributed by atoms with Gasteiger partial charge in [-0.15, -0.1) is 0 Å². The Morgan fingerprint density at radius 2 is 1.93 bits per heavy atom. The fourth-order valence-corrected chi connectivity index (χ4v) is 3.27. The summed E-state index contributed by atoms with van der Waals surface area (Å²) >= 11 is 0. The van der Waals surface area contributed by atoms with Crippen molar-refractivity contribution in [1.29, 1.82) is 0 Å². The molecule has 0 bridgehead atoms. The average Bonchev–Trinajstić information content (AvgIpc) is 2.80. The van der Waals surface area contributed by atoms with E-state index in [2.05, 4.69) is 28.4 Å². The lowest BCUT2D eigenvalue weighted by atomic mass is 10.1. The highest BCUT2D eigenvalue weighted by molar-refractivity contribution is 6.05. The van der Waals surface area contributed by atoms with Crippen LogP contribution in [0.15, 0.2) is 97.1 Å². The summed E-state index contributed by atoms with van der Waals surface area (Å²) in [5.41, 5.74) is 9.79. The van der Waals surface area contributed by atoms with Gasteiger partial charge >= 0.3 is 0 Å². The number of allylic oxidation sites excluding steroid dienone is 4. The van der Waals surface area contributed by atoms with Crippen LogP contribution in [0.1, 0.15) is 28.8 Å². The van der Waals surface area contributed by atoms with Crippen LogP contribution in [0.2, 0.25) is 0 Å². The molecule has 0 atom stereocenters. The van der Waals surface area contributed by atoms with E-state index in [9.17, 15) is 4.79 Å². The number of ether oxygens (including phenoxy) is 2. The first-order valence-electron chi connectivity index (χ1n) is 9.76. The third-order valence-corrected chi connectivity index (χ3v) is 4.86. The van der Waals surface area contributed by atoms with Gasteiger partial charge in [0.15, 0.2) is 6.26 Å². The number of rotatable bonds is 6. The molecule has 152 valence electrons. The van der Waals surface area contributed by atoms with Gasteiger partial charge in [0.1, 0.15) is 12.5 Å². The topological polar surface area (TPSA) is 76.8 Å². The largest absolute Gasteiger partial charge is 0.464 e. The zero-order valence-electron chi connectivity index (χ0n) is 16.5. The predicted octanol–water partition coefficient (Wildman–Crippen LogP) is 4.87. The normalized spacial score (nSPS) is 14.8. The van der Waals surface area contributed by atoms with E-state index in [4.69, 9.17) is 15.2 Å². The monoisotopic (exact) mass is 401 g/mol. The molecular weight excluding hydrogens is 378 g/mol. The molecule has 6 heteroatoms. The molecule has 1 aliphatic carbocycles. The molecule has 0 unspecified atom stereocenters. The maximum Gasteiger partial charge on any atom is 0.255 e. The number of nitrogens with one attached hydrogen (secondary N) is 1. The van der Waals surface area contributed by atoms with Gasteiger partial charge in [0, 0.05) is 11.3 Å². The average molecular weight is 401 g/mol. The summed E-state index contributed by atoms with van der Waals surface area (Å²) in [6.07, 6.45) is 12.8. The standard InChI is InChI=1S/C24H23N3O3/c25-21-8-4-5-9-22(21)26-24(28)19-12-10-18(11-13-19)16-27(20-6-2-1-3-7-20)23-17-29-14-15-30-23/h1-2,4-6,8-15,17H,3,7,16,25H2,(H,26,28). The zero-order chi connectivity index (χ0) is 20.8. The second-order valence-electron chi connectivity index (χ2n) is 6.93. The lowest BCUT2D eigenvalue weighted by Crippen LogP contribution is -2.24. The molecule has 2 aromatic carbocycles. The van der Waals surface area contributed by atoms with E-state index in [1.165, 1.54) is 12.5 Å². The number of carbonyl (C=O) groups is 1. The van der Waals surface area contributed by atoms with E-state index in [0.717, 1.165) is 24.1 Å². The van der Waals surface area contributed by atoms with Crippen molar-refractivity contribution in [3.8, 4) is 0 Å². The van der Waals surface area contributed by atoms with E-state index in [1.54, 1.807) is 18.4 Å². The number of para-hydroxylation sites is 2. The van der Waals surface area contributed by atoms with Crippen molar-refractivity contribution in [2.45, 2.75) is 19.4 Å². The predicted molar refractivity (Wildman–Crippen MR) is 117 cm³/mol. The van der Waals surface area contributed by atoms with Gasteiger partial charge in [-0.3, -0.25) is 4.79 Å². The molecule has 0 saturated heterocycles. The molecule has 0 fully saturated rings. The molecule has 4 rings (SSSR count). The lowest BCUT2D eigenvalue weighted by Gasteiger charge is -2.30. The maximum atomic E-state index is 12.5. The van der Waals surface area contributed by atoms with Crippen molar-refractivity contribution >= 4 is 17.3 Å². The summed E-state index contributed by atoms with van der Waals surface area (Å²) in [6.45, 7) is 0.593. The minimum atomic E-state index is -0.201. The maximum absolute atomic E-state index is 12.5. The number of hydrogen-bond donors (Lipinski definition) is 2. The van der Waals surface area contributed by atoms with Crippen molar-refractivity contribution in [1.82, 2.24) is 4.90 Å². The van der Waals surface area contributed by atoms with Gasteiger partial charge in [-0.1, -0.05) is 36.4 Å². The molecule has 30 heavy (non-hydrogen) atoms. The van der Waals surface area contributed by atoms with Gasteiger partial charge in [0.05, 0.1) is 17.9 Å². The van der Waals surface area contributed by atoms with Crippen LogP contribution in [-0.4, -0.2) is 10.8 Å². The van der Waals surface area contributed by atoms with Gasteiger partial charge in [-0.2, -0.15) is 0 Å². The Kier molecular flexibility index (Phi) is 5.85. The van der Waals surface area contributed by atoms with E-state index in [1.807, 2.05) is 36.4 Å². The van der Waals surface area contributed by atoms with E-state index < -0.39 is 0 Å². The Morgan fingerprint density at radius 1 is 1.10 bits per heavy atom. The van der Waals surface area contributed by atoms with Gasteiger partial charge in [0.25, 0.3) is 5.91 Å². The molecule has 2 aliphatic rings. The molecule has 1 aliphatic heterocycles. The van der Waals surface area contributed by atoms with E-state index in [0.29, 0.717) is 29.4 Å². The molecule has 6 nitrogen and oxygen atoms in total. The van der Waals surface area contributed by atoms with Crippen LogP contribution in [-0.2, 0) is 16.0 Å². The highest BCUT2D eigenvalue weighted by Gasteiger charge is 2.19. The molecule has 0 saturated carbocycles.